The minimum absolute atomic E-state index is 0.0625. The van der Waals surface area contributed by atoms with Crippen molar-refractivity contribution < 1.29 is 9.59 Å². The van der Waals surface area contributed by atoms with Gasteiger partial charge in [-0.05, 0) is 43.1 Å². The van der Waals surface area contributed by atoms with E-state index in [4.69, 9.17) is 0 Å². The van der Waals surface area contributed by atoms with Gasteiger partial charge in [-0.1, -0.05) is 26.5 Å². The van der Waals surface area contributed by atoms with Crippen LogP contribution in [0.5, 0.6) is 0 Å². The van der Waals surface area contributed by atoms with Crippen LogP contribution in [-0.2, 0) is 9.59 Å². The lowest BCUT2D eigenvalue weighted by atomic mass is 9.45. The van der Waals surface area contributed by atoms with Gasteiger partial charge in [-0.25, -0.2) is 0 Å². The summed E-state index contributed by atoms with van der Waals surface area (Å²) in [6, 6.07) is 0.478. The van der Waals surface area contributed by atoms with E-state index in [1.165, 1.54) is 0 Å². The summed E-state index contributed by atoms with van der Waals surface area (Å²) in [6.07, 6.45) is 6.13. The Labute approximate surface area is 144 Å². The Kier molecular flexibility index (Phi) is 2.82. The number of piperidine rings is 1. The minimum Gasteiger partial charge on any atom is -0.299 e. The van der Waals surface area contributed by atoms with E-state index in [1.54, 1.807) is 0 Å². The number of ketones is 2. The highest BCUT2D eigenvalue weighted by Gasteiger charge is 2.73. The van der Waals surface area contributed by atoms with Crippen LogP contribution in [0.25, 0.3) is 0 Å². The molecular weight excluding hydrogens is 298 g/mol. The lowest BCUT2D eigenvalue weighted by Crippen LogP contribution is -2.65. The molecule has 0 aromatic heterocycles. The van der Waals surface area contributed by atoms with Crippen molar-refractivity contribution in [2.24, 2.45) is 28.6 Å². The fourth-order valence-corrected chi connectivity index (χ4v) is 7.47. The predicted molar refractivity (Wildman–Crippen MR) is 92.4 cm³/mol. The van der Waals surface area contributed by atoms with Gasteiger partial charge in [-0.3, -0.25) is 14.5 Å². The van der Waals surface area contributed by atoms with E-state index in [0.29, 0.717) is 30.1 Å². The first kappa shape index (κ1) is 15.1. The summed E-state index contributed by atoms with van der Waals surface area (Å²) < 4.78 is 0. The normalized spacial score (nSPS) is 50.1. The largest absolute Gasteiger partial charge is 0.299 e. The number of fused-ring (bicyclic) bond motifs is 1. The van der Waals surface area contributed by atoms with Crippen molar-refractivity contribution in [3.63, 3.8) is 0 Å². The molecule has 0 amide bonds. The lowest BCUT2D eigenvalue weighted by molar-refractivity contribution is -0.157. The molecule has 2 saturated heterocycles. The first-order valence-electron chi connectivity index (χ1n) is 9.62. The van der Waals surface area contributed by atoms with E-state index >= 15 is 0 Å². The highest BCUT2D eigenvalue weighted by molar-refractivity contribution is 6.08. The van der Waals surface area contributed by atoms with Crippen LogP contribution in [0.4, 0.5) is 0 Å². The Morgan fingerprint density at radius 3 is 2.79 bits per heavy atom. The van der Waals surface area contributed by atoms with Gasteiger partial charge in [-0.2, -0.15) is 0 Å². The van der Waals surface area contributed by atoms with Crippen molar-refractivity contribution in [1.29, 1.82) is 0 Å². The zero-order valence-corrected chi connectivity index (χ0v) is 14.8. The van der Waals surface area contributed by atoms with Crippen LogP contribution in [0, 0.1) is 28.6 Å². The third-order valence-corrected chi connectivity index (χ3v) is 8.56. The second-order valence-corrected chi connectivity index (χ2v) is 9.10. The molecule has 5 aliphatic rings. The maximum absolute atomic E-state index is 13.9. The van der Waals surface area contributed by atoms with Gasteiger partial charge in [0.15, 0.2) is 5.78 Å². The number of carbonyl (C=O) groups excluding carboxylic acids is 2. The fourth-order valence-electron chi connectivity index (χ4n) is 7.47. The van der Waals surface area contributed by atoms with E-state index in [-0.39, 0.29) is 17.1 Å². The molecule has 2 saturated carbocycles. The van der Waals surface area contributed by atoms with Crippen molar-refractivity contribution in [1.82, 2.24) is 4.90 Å². The third-order valence-electron chi connectivity index (χ3n) is 8.56. The molecule has 4 fully saturated rings. The lowest BCUT2D eigenvalue weighted by Gasteiger charge is -2.59. The summed E-state index contributed by atoms with van der Waals surface area (Å²) in [7, 11) is 0. The Morgan fingerprint density at radius 1 is 1.25 bits per heavy atom. The maximum atomic E-state index is 13.9. The third kappa shape index (κ3) is 1.38. The second-order valence-electron chi connectivity index (χ2n) is 9.10. The molecule has 2 aliphatic heterocycles. The van der Waals surface area contributed by atoms with Crippen molar-refractivity contribution in [2.75, 3.05) is 13.1 Å². The zero-order valence-electron chi connectivity index (χ0n) is 14.8. The molecule has 5 rings (SSSR count). The van der Waals surface area contributed by atoms with Gasteiger partial charge in [0.1, 0.15) is 5.78 Å². The average Bonchev–Trinajstić information content (AvgIpc) is 3.06. The number of carbonyl (C=O) groups is 2. The number of nitrogens with zero attached hydrogens (tertiary/aromatic N) is 1. The van der Waals surface area contributed by atoms with Crippen LogP contribution in [-0.4, -0.2) is 35.6 Å². The molecule has 3 aliphatic carbocycles. The van der Waals surface area contributed by atoms with Gasteiger partial charge in [0.25, 0.3) is 0 Å². The average molecular weight is 325 g/mol. The standard InChI is InChI=1S/C21H27NO2/c1-4-13-7-8-21-18(13)16(23)6-5-14-11-22-10-12(2)15(19(21)24)9-17(22)20(14,21)3/h4,12,14-15,17H,1,5-11H2,2-3H3/t12-,14-,15?,17?,20-,21+/m1/s1. The van der Waals surface area contributed by atoms with E-state index in [9.17, 15) is 9.59 Å². The van der Waals surface area contributed by atoms with E-state index < -0.39 is 5.41 Å². The molecule has 3 heteroatoms. The molecule has 2 heterocycles. The van der Waals surface area contributed by atoms with E-state index in [1.807, 2.05) is 6.08 Å². The number of hydrogen-bond donors (Lipinski definition) is 0. The number of allylic oxidation sites excluding steroid dienone is 3. The quantitative estimate of drug-likeness (QED) is 0.743. The molecule has 1 spiro atoms. The van der Waals surface area contributed by atoms with E-state index in [0.717, 1.165) is 49.9 Å². The number of hydrogen-bond acceptors (Lipinski definition) is 3. The van der Waals surface area contributed by atoms with Crippen LogP contribution in [0.3, 0.4) is 0 Å². The van der Waals surface area contributed by atoms with E-state index in [2.05, 4.69) is 25.3 Å². The molecule has 2 bridgehead atoms. The van der Waals surface area contributed by atoms with Gasteiger partial charge in [0.2, 0.25) is 0 Å². The summed E-state index contributed by atoms with van der Waals surface area (Å²) in [6.45, 7) is 10.7. The molecule has 0 N–H and O–H groups in total. The van der Waals surface area contributed by atoms with Gasteiger partial charge >= 0.3 is 0 Å². The second kappa shape index (κ2) is 4.49. The molecule has 6 atom stereocenters. The number of rotatable bonds is 1. The Bertz CT molecular complexity index is 707. The molecule has 24 heavy (non-hydrogen) atoms. The topological polar surface area (TPSA) is 37.4 Å². The summed E-state index contributed by atoms with van der Waals surface area (Å²) in [5.41, 5.74) is 1.37. The smallest absolute Gasteiger partial charge is 0.160 e. The van der Waals surface area contributed by atoms with Crippen molar-refractivity contribution in [2.45, 2.75) is 52.0 Å². The fraction of sp³-hybridized carbons (Fsp3) is 0.714. The Hall–Kier alpha value is -1.22. The van der Waals surface area contributed by atoms with Crippen LogP contribution in [0.2, 0.25) is 0 Å². The van der Waals surface area contributed by atoms with Gasteiger partial charge in [0.05, 0.1) is 5.41 Å². The van der Waals surface area contributed by atoms with Crippen LogP contribution < -0.4 is 0 Å². The van der Waals surface area contributed by atoms with Crippen molar-refractivity contribution in [3.05, 3.63) is 23.8 Å². The first-order valence-corrected chi connectivity index (χ1v) is 9.62. The highest BCUT2D eigenvalue weighted by Crippen LogP contribution is 2.70. The molecular formula is C21H27NO2. The van der Waals surface area contributed by atoms with Crippen LogP contribution >= 0.6 is 0 Å². The highest BCUT2D eigenvalue weighted by atomic mass is 16.1. The van der Waals surface area contributed by atoms with Crippen molar-refractivity contribution >= 4 is 11.6 Å². The molecule has 128 valence electrons. The molecule has 2 unspecified atom stereocenters. The predicted octanol–water partition coefficient (Wildman–Crippen LogP) is 3.16. The van der Waals surface area contributed by atoms with Crippen molar-refractivity contribution in [3.8, 4) is 0 Å². The summed E-state index contributed by atoms with van der Waals surface area (Å²) in [4.78, 5) is 29.6. The molecule has 0 radical (unpaired) electrons. The van der Waals surface area contributed by atoms with Gasteiger partial charge in [-0.15, -0.1) is 0 Å². The van der Waals surface area contributed by atoms with Gasteiger partial charge in [0, 0.05) is 42.5 Å². The van der Waals surface area contributed by atoms with Crippen LogP contribution in [0.15, 0.2) is 23.8 Å². The Morgan fingerprint density at radius 2 is 2.04 bits per heavy atom. The van der Waals surface area contributed by atoms with Crippen LogP contribution in [0.1, 0.15) is 46.0 Å². The SMILES string of the molecule is C=CC1=C2C(=O)CC[C@@H]3CN4C[C@@H](C)C5CC4[C@]3(C)[C@]2(CC1)C5=O. The monoisotopic (exact) mass is 325 g/mol. The zero-order chi connectivity index (χ0) is 16.9. The minimum atomic E-state index is -0.522. The Balaban J connectivity index is 1.83. The van der Waals surface area contributed by atoms with Gasteiger partial charge < -0.3 is 0 Å². The maximum Gasteiger partial charge on any atom is 0.160 e. The summed E-state index contributed by atoms with van der Waals surface area (Å²) in [5, 5.41) is 0. The molecule has 0 aromatic carbocycles. The number of Topliss-reactive ketones (excluding diaryl/α,β-unsaturated/α-hetero) is 2. The summed E-state index contributed by atoms with van der Waals surface area (Å²) in [5.74, 6) is 1.68. The summed E-state index contributed by atoms with van der Waals surface area (Å²) >= 11 is 0. The molecule has 0 aromatic rings. The first-order chi connectivity index (χ1) is 11.4. The molecule has 3 nitrogen and oxygen atoms in total.